The highest BCUT2D eigenvalue weighted by Gasteiger charge is 2.31. The molecule has 1 N–H and O–H groups in total. The van der Waals surface area contributed by atoms with Gasteiger partial charge in [-0.15, -0.1) is 0 Å². The van der Waals surface area contributed by atoms with Gasteiger partial charge in [0.05, 0.1) is 12.3 Å². The molecule has 1 heterocycles. The minimum absolute atomic E-state index is 0.00430. The molecule has 0 saturated carbocycles. The van der Waals surface area contributed by atoms with Crippen LogP contribution in [0.5, 0.6) is 5.75 Å². The van der Waals surface area contributed by atoms with E-state index in [4.69, 9.17) is 9.47 Å². The number of nitrogens with one attached hydrogen (secondary N) is 1. The van der Waals surface area contributed by atoms with E-state index in [2.05, 4.69) is 5.32 Å². The molecule has 0 aliphatic carbocycles. The first-order valence-electron chi connectivity index (χ1n) is 7.13. The van der Waals surface area contributed by atoms with Crippen LogP contribution in [0.2, 0.25) is 0 Å². The molecule has 0 aromatic heterocycles. The zero-order valence-corrected chi connectivity index (χ0v) is 12.9. The van der Waals surface area contributed by atoms with Crippen molar-refractivity contribution in [1.82, 2.24) is 4.90 Å². The Hall–Kier alpha value is -1.96. The average Bonchev–Trinajstić information content (AvgIpc) is 2.41. The molecule has 1 aliphatic heterocycles. The largest absolute Gasteiger partial charge is 0.482 e. The Morgan fingerprint density at radius 3 is 2.70 bits per heavy atom. The minimum Gasteiger partial charge on any atom is -0.482 e. The van der Waals surface area contributed by atoms with E-state index in [9.17, 15) is 18.0 Å². The number of rotatable bonds is 5. The summed E-state index contributed by atoms with van der Waals surface area (Å²) in [5.41, 5.74) is 0.962. The van der Waals surface area contributed by atoms with Gasteiger partial charge < -0.3 is 19.7 Å². The number of likely N-dealkylation sites (tertiary alicyclic amines) is 1. The van der Waals surface area contributed by atoms with Crippen molar-refractivity contribution in [3.8, 4) is 5.75 Å². The maximum Gasteiger partial charge on any atom is 0.422 e. The van der Waals surface area contributed by atoms with Gasteiger partial charge in [-0.1, -0.05) is 6.07 Å². The number of ether oxygens (including phenoxy) is 2. The van der Waals surface area contributed by atoms with E-state index in [0.29, 0.717) is 25.6 Å². The van der Waals surface area contributed by atoms with E-state index < -0.39 is 12.8 Å². The summed E-state index contributed by atoms with van der Waals surface area (Å²) >= 11 is 0. The van der Waals surface area contributed by atoms with E-state index in [1.807, 2.05) is 0 Å². The number of amides is 2. The normalized spacial score (nSPS) is 15.3. The second-order valence-electron chi connectivity index (χ2n) is 5.56. The lowest BCUT2D eigenvalue weighted by atomic mass is 10.0. The molecule has 0 radical (unpaired) electrons. The van der Waals surface area contributed by atoms with E-state index in [-0.39, 0.29) is 17.5 Å². The molecule has 1 aliphatic rings. The first-order chi connectivity index (χ1) is 10.8. The van der Waals surface area contributed by atoms with Crippen molar-refractivity contribution < 1.29 is 27.4 Å². The summed E-state index contributed by atoms with van der Waals surface area (Å²) in [5.74, 6) is 0.300. The van der Waals surface area contributed by atoms with Gasteiger partial charge in [0, 0.05) is 26.1 Å². The van der Waals surface area contributed by atoms with Crippen molar-refractivity contribution in [3.63, 3.8) is 0 Å². The molecule has 5 nitrogen and oxygen atoms in total. The standard InChI is InChI=1S/C15H19F3N2O3/c1-10-3-4-12(13(5-10)23-9-15(16,17)18)19-14(21)20-6-11(7-20)8-22-2/h3-5,11H,6-9H2,1-2H3,(H,19,21). The monoisotopic (exact) mass is 332 g/mol. The summed E-state index contributed by atoms with van der Waals surface area (Å²) in [6.07, 6.45) is -4.43. The van der Waals surface area contributed by atoms with Crippen LogP contribution in [-0.4, -0.2) is 50.5 Å². The molecule has 23 heavy (non-hydrogen) atoms. The lowest BCUT2D eigenvalue weighted by Gasteiger charge is -2.38. The lowest BCUT2D eigenvalue weighted by molar-refractivity contribution is -0.153. The quantitative estimate of drug-likeness (QED) is 0.902. The fourth-order valence-electron chi connectivity index (χ4n) is 2.28. The number of nitrogens with zero attached hydrogens (tertiary/aromatic N) is 1. The van der Waals surface area contributed by atoms with Crippen molar-refractivity contribution in [2.24, 2.45) is 5.92 Å². The van der Waals surface area contributed by atoms with Gasteiger partial charge in [0.25, 0.3) is 0 Å². The second kappa shape index (κ2) is 7.08. The van der Waals surface area contributed by atoms with Crippen molar-refractivity contribution in [2.45, 2.75) is 13.1 Å². The number of benzene rings is 1. The van der Waals surface area contributed by atoms with E-state index in [0.717, 1.165) is 5.56 Å². The fourth-order valence-corrected chi connectivity index (χ4v) is 2.28. The summed E-state index contributed by atoms with van der Waals surface area (Å²) in [6, 6.07) is 4.33. The summed E-state index contributed by atoms with van der Waals surface area (Å²) in [7, 11) is 1.60. The highest BCUT2D eigenvalue weighted by molar-refractivity contribution is 5.91. The van der Waals surface area contributed by atoms with Gasteiger partial charge in [0.15, 0.2) is 6.61 Å². The van der Waals surface area contributed by atoms with Crippen LogP contribution in [0.1, 0.15) is 5.56 Å². The molecule has 1 saturated heterocycles. The zero-order valence-electron chi connectivity index (χ0n) is 12.9. The van der Waals surface area contributed by atoms with Crippen molar-refractivity contribution >= 4 is 11.7 Å². The zero-order chi connectivity index (χ0) is 17.0. The first kappa shape index (κ1) is 17.4. The Balaban J connectivity index is 1.98. The van der Waals surface area contributed by atoms with Crippen molar-refractivity contribution in [3.05, 3.63) is 23.8 Å². The number of halogens is 3. The highest BCUT2D eigenvalue weighted by atomic mass is 19.4. The van der Waals surface area contributed by atoms with Crippen LogP contribution < -0.4 is 10.1 Å². The Bertz CT molecular complexity index is 557. The highest BCUT2D eigenvalue weighted by Crippen LogP contribution is 2.29. The predicted octanol–water partition coefficient (Wildman–Crippen LogP) is 3.05. The third-order valence-corrected chi connectivity index (χ3v) is 3.42. The van der Waals surface area contributed by atoms with Gasteiger partial charge in [-0.05, 0) is 24.6 Å². The minimum atomic E-state index is -4.43. The van der Waals surface area contributed by atoms with Gasteiger partial charge in [0.2, 0.25) is 0 Å². The summed E-state index contributed by atoms with van der Waals surface area (Å²) < 4.78 is 46.7. The number of hydrogen-bond acceptors (Lipinski definition) is 3. The van der Waals surface area contributed by atoms with Gasteiger partial charge in [-0.3, -0.25) is 0 Å². The number of urea groups is 1. The van der Waals surface area contributed by atoms with Crippen LogP contribution in [0.25, 0.3) is 0 Å². The van der Waals surface area contributed by atoms with Gasteiger partial charge >= 0.3 is 12.2 Å². The third kappa shape index (κ3) is 5.02. The topological polar surface area (TPSA) is 50.8 Å². The Kier molecular flexibility index (Phi) is 5.35. The fraction of sp³-hybridized carbons (Fsp3) is 0.533. The second-order valence-corrected chi connectivity index (χ2v) is 5.56. The molecule has 1 aromatic carbocycles. The molecule has 0 unspecified atom stereocenters. The predicted molar refractivity (Wildman–Crippen MR) is 78.7 cm³/mol. The van der Waals surface area contributed by atoms with Crippen LogP contribution in [-0.2, 0) is 4.74 Å². The molecule has 128 valence electrons. The molecule has 0 spiro atoms. The molecular weight excluding hydrogens is 313 g/mol. The molecule has 0 bridgehead atoms. The summed E-state index contributed by atoms with van der Waals surface area (Å²) in [5, 5.41) is 2.59. The van der Waals surface area contributed by atoms with E-state index in [1.165, 1.54) is 12.1 Å². The molecule has 1 fully saturated rings. The number of methoxy groups -OCH3 is 1. The van der Waals surface area contributed by atoms with Gasteiger partial charge in [-0.2, -0.15) is 13.2 Å². The number of carbonyl (C=O) groups excluding carboxylic acids is 1. The maximum absolute atomic E-state index is 12.3. The number of hydrogen-bond donors (Lipinski definition) is 1. The average molecular weight is 332 g/mol. The molecule has 8 heteroatoms. The van der Waals surface area contributed by atoms with Crippen LogP contribution in [0.3, 0.4) is 0 Å². The lowest BCUT2D eigenvalue weighted by Crippen LogP contribution is -2.53. The van der Waals surface area contributed by atoms with Crippen molar-refractivity contribution in [2.75, 3.05) is 38.7 Å². The van der Waals surface area contributed by atoms with Gasteiger partial charge in [0.1, 0.15) is 5.75 Å². The first-order valence-corrected chi connectivity index (χ1v) is 7.13. The van der Waals surface area contributed by atoms with Gasteiger partial charge in [-0.25, -0.2) is 4.79 Å². The van der Waals surface area contributed by atoms with Crippen LogP contribution in [0.4, 0.5) is 23.7 Å². The van der Waals surface area contributed by atoms with Crippen molar-refractivity contribution in [1.29, 1.82) is 0 Å². The Morgan fingerprint density at radius 2 is 2.09 bits per heavy atom. The number of alkyl halides is 3. The Labute approximate surface area is 132 Å². The number of anilines is 1. The third-order valence-electron chi connectivity index (χ3n) is 3.42. The number of carbonyl (C=O) groups is 1. The van der Waals surface area contributed by atoms with Crippen LogP contribution >= 0.6 is 0 Å². The SMILES string of the molecule is COCC1CN(C(=O)Nc2ccc(C)cc2OCC(F)(F)F)C1. The summed E-state index contributed by atoms with van der Waals surface area (Å²) in [4.78, 5) is 13.6. The summed E-state index contributed by atoms with van der Waals surface area (Å²) in [6.45, 7) is 2.03. The molecule has 2 rings (SSSR count). The molecule has 2 amide bonds. The smallest absolute Gasteiger partial charge is 0.422 e. The molecule has 0 atom stereocenters. The van der Waals surface area contributed by atoms with Crippen LogP contribution in [0.15, 0.2) is 18.2 Å². The van der Waals surface area contributed by atoms with E-state index >= 15 is 0 Å². The molecular formula is C15H19F3N2O3. The van der Waals surface area contributed by atoms with E-state index in [1.54, 1.807) is 25.0 Å². The molecule has 1 aromatic rings. The number of aryl methyl sites for hydroxylation is 1. The Morgan fingerprint density at radius 1 is 1.39 bits per heavy atom. The maximum atomic E-state index is 12.3. The van der Waals surface area contributed by atoms with Crippen LogP contribution in [0, 0.1) is 12.8 Å².